The summed E-state index contributed by atoms with van der Waals surface area (Å²) in [4.78, 5) is 25.8. The number of carbonyl (C=O) groups excluding carboxylic acids is 1. The number of likely N-dealkylation sites (tertiary alicyclic amines) is 1. The van der Waals surface area contributed by atoms with E-state index in [1.165, 1.54) is 30.0 Å². The van der Waals surface area contributed by atoms with Gasteiger partial charge in [-0.25, -0.2) is 4.79 Å². The van der Waals surface area contributed by atoms with Gasteiger partial charge in [0.15, 0.2) is 0 Å². The Labute approximate surface area is 175 Å². The van der Waals surface area contributed by atoms with Crippen LogP contribution in [0.1, 0.15) is 28.8 Å². The second-order valence-corrected chi connectivity index (χ2v) is 7.21. The van der Waals surface area contributed by atoms with Crippen LogP contribution in [0.15, 0.2) is 66.4 Å². The van der Waals surface area contributed by atoms with Crippen molar-refractivity contribution in [3.63, 3.8) is 0 Å². The van der Waals surface area contributed by atoms with E-state index in [1.54, 1.807) is 6.07 Å². The average Bonchev–Trinajstić information content (AvgIpc) is 2.76. The van der Waals surface area contributed by atoms with Gasteiger partial charge in [0, 0.05) is 37.6 Å². The number of hydrogen-bond donors (Lipinski definition) is 3. The minimum Gasteiger partial charge on any atom is -0.478 e. The van der Waals surface area contributed by atoms with Crippen LogP contribution in [0.4, 0.5) is 5.69 Å². The Morgan fingerprint density at radius 3 is 2.53 bits per heavy atom. The predicted octanol–water partition coefficient (Wildman–Crippen LogP) is 2.98. The number of carboxylic acids is 1. The lowest BCUT2D eigenvalue weighted by Gasteiger charge is -2.32. The molecule has 3 N–H and O–H groups in total. The van der Waals surface area contributed by atoms with Crippen molar-refractivity contribution in [2.75, 3.05) is 18.4 Å². The van der Waals surface area contributed by atoms with Gasteiger partial charge in [-0.2, -0.15) is 5.26 Å². The maximum atomic E-state index is 12.4. The van der Waals surface area contributed by atoms with Gasteiger partial charge in [0.2, 0.25) is 0 Å². The Morgan fingerprint density at radius 1 is 1.13 bits per heavy atom. The molecule has 0 saturated carbocycles. The van der Waals surface area contributed by atoms with Crippen molar-refractivity contribution >= 4 is 17.6 Å². The molecule has 0 aliphatic carbocycles. The molecule has 0 spiro atoms. The number of rotatable bonds is 7. The first kappa shape index (κ1) is 21.1. The fourth-order valence-corrected chi connectivity index (χ4v) is 3.38. The summed E-state index contributed by atoms with van der Waals surface area (Å²) in [6.45, 7) is 2.80. The molecule has 0 bridgehead atoms. The molecule has 0 atom stereocenters. The molecular weight excluding hydrogens is 380 g/mol. The van der Waals surface area contributed by atoms with Gasteiger partial charge in [-0.15, -0.1) is 0 Å². The van der Waals surface area contributed by atoms with Gasteiger partial charge in [0.05, 0.1) is 5.56 Å². The molecule has 0 aromatic heterocycles. The third-order valence-corrected chi connectivity index (χ3v) is 5.03. The largest absolute Gasteiger partial charge is 0.478 e. The Balaban J connectivity index is 1.51. The Hall–Kier alpha value is -3.63. The first-order valence-electron chi connectivity index (χ1n) is 9.82. The average molecular weight is 404 g/mol. The van der Waals surface area contributed by atoms with Gasteiger partial charge < -0.3 is 15.7 Å². The number of piperidine rings is 1. The van der Waals surface area contributed by atoms with Crippen LogP contribution in [-0.4, -0.2) is 41.0 Å². The lowest BCUT2D eigenvalue weighted by Crippen LogP contribution is -2.40. The van der Waals surface area contributed by atoms with Crippen LogP contribution in [0.5, 0.6) is 0 Å². The van der Waals surface area contributed by atoms with Gasteiger partial charge in [0.25, 0.3) is 5.91 Å². The smallest absolute Gasteiger partial charge is 0.335 e. The molecule has 154 valence electrons. The number of nitriles is 1. The van der Waals surface area contributed by atoms with Crippen molar-refractivity contribution in [2.45, 2.75) is 25.4 Å². The Kier molecular flexibility index (Phi) is 7.19. The number of aromatic carboxylic acids is 1. The molecule has 1 heterocycles. The van der Waals surface area contributed by atoms with E-state index in [4.69, 9.17) is 5.11 Å². The molecule has 7 nitrogen and oxygen atoms in total. The van der Waals surface area contributed by atoms with Crippen LogP contribution in [0.25, 0.3) is 0 Å². The minimum atomic E-state index is -1.08. The van der Waals surface area contributed by atoms with Crippen LogP contribution in [0, 0.1) is 11.3 Å². The van der Waals surface area contributed by atoms with E-state index in [-0.39, 0.29) is 17.2 Å². The first-order chi connectivity index (χ1) is 14.5. The zero-order valence-corrected chi connectivity index (χ0v) is 16.5. The van der Waals surface area contributed by atoms with Crippen LogP contribution < -0.4 is 10.6 Å². The zero-order valence-electron chi connectivity index (χ0n) is 16.5. The van der Waals surface area contributed by atoms with Crippen LogP contribution in [-0.2, 0) is 11.3 Å². The molecule has 0 unspecified atom stereocenters. The summed E-state index contributed by atoms with van der Waals surface area (Å²) in [7, 11) is 0. The fraction of sp³-hybridized carbons (Fsp3) is 0.261. The molecule has 1 fully saturated rings. The lowest BCUT2D eigenvalue weighted by atomic mass is 10.0. The van der Waals surface area contributed by atoms with Gasteiger partial charge in [0.1, 0.15) is 11.6 Å². The molecule has 1 aliphatic rings. The van der Waals surface area contributed by atoms with Crippen molar-refractivity contribution in [1.82, 2.24) is 10.2 Å². The van der Waals surface area contributed by atoms with E-state index < -0.39 is 11.9 Å². The lowest BCUT2D eigenvalue weighted by molar-refractivity contribution is -0.112. The third kappa shape index (κ3) is 5.93. The van der Waals surface area contributed by atoms with Crippen LogP contribution in [0.2, 0.25) is 0 Å². The van der Waals surface area contributed by atoms with E-state index in [1.807, 2.05) is 24.3 Å². The van der Waals surface area contributed by atoms with Crippen molar-refractivity contribution in [3.8, 4) is 6.07 Å². The summed E-state index contributed by atoms with van der Waals surface area (Å²) in [5.41, 5.74) is 1.63. The normalized spacial score (nSPS) is 15.2. The topological polar surface area (TPSA) is 105 Å². The van der Waals surface area contributed by atoms with Crippen molar-refractivity contribution < 1.29 is 14.7 Å². The van der Waals surface area contributed by atoms with Crippen molar-refractivity contribution in [1.29, 1.82) is 5.26 Å². The molecule has 0 radical (unpaired) electrons. The van der Waals surface area contributed by atoms with E-state index in [0.29, 0.717) is 5.69 Å². The van der Waals surface area contributed by atoms with Gasteiger partial charge in [-0.05, 0) is 36.6 Å². The molecule has 7 heteroatoms. The second-order valence-electron chi connectivity index (χ2n) is 7.21. The number of nitrogens with zero attached hydrogens (tertiary/aromatic N) is 2. The molecule has 1 saturated heterocycles. The molecule has 1 amide bonds. The quantitative estimate of drug-likeness (QED) is 0.484. The summed E-state index contributed by atoms with van der Waals surface area (Å²) in [5.74, 6) is -1.66. The van der Waals surface area contributed by atoms with E-state index >= 15 is 0 Å². The summed E-state index contributed by atoms with van der Waals surface area (Å²) in [5, 5.41) is 24.1. The highest BCUT2D eigenvalue weighted by molar-refractivity contribution is 6.06. The number of anilines is 1. The van der Waals surface area contributed by atoms with Crippen molar-refractivity contribution in [2.24, 2.45) is 0 Å². The summed E-state index contributed by atoms with van der Waals surface area (Å²) in [6.07, 6.45) is 3.29. The number of carbonyl (C=O) groups is 2. The third-order valence-electron chi connectivity index (χ3n) is 5.03. The van der Waals surface area contributed by atoms with Gasteiger partial charge >= 0.3 is 5.97 Å². The molecule has 1 aliphatic heterocycles. The van der Waals surface area contributed by atoms with Gasteiger partial charge in [-0.1, -0.05) is 36.4 Å². The number of nitrogens with one attached hydrogen (secondary N) is 2. The van der Waals surface area contributed by atoms with E-state index in [2.05, 4.69) is 27.7 Å². The SMILES string of the molecule is N#C/C(=C/NC1CCN(Cc2ccccc2)CC1)C(=O)Nc1cccc(C(=O)O)c1. The molecule has 3 rings (SSSR count). The van der Waals surface area contributed by atoms with E-state index in [0.717, 1.165) is 32.5 Å². The highest BCUT2D eigenvalue weighted by atomic mass is 16.4. The monoisotopic (exact) mass is 404 g/mol. The van der Waals surface area contributed by atoms with E-state index in [9.17, 15) is 14.9 Å². The van der Waals surface area contributed by atoms with Gasteiger partial charge in [-0.3, -0.25) is 9.69 Å². The van der Waals surface area contributed by atoms with Crippen molar-refractivity contribution in [3.05, 3.63) is 77.5 Å². The highest BCUT2D eigenvalue weighted by Gasteiger charge is 2.19. The summed E-state index contributed by atoms with van der Waals surface area (Å²) >= 11 is 0. The van der Waals surface area contributed by atoms with Crippen LogP contribution in [0.3, 0.4) is 0 Å². The maximum absolute atomic E-state index is 12.4. The Bertz CT molecular complexity index is 958. The molecular formula is C23H24N4O3. The summed E-state index contributed by atoms with van der Waals surface area (Å²) < 4.78 is 0. The Morgan fingerprint density at radius 2 is 1.87 bits per heavy atom. The maximum Gasteiger partial charge on any atom is 0.335 e. The molecule has 2 aromatic rings. The molecule has 30 heavy (non-hydrogen) atoms. The highest BCUT2D eigenvalue weighted by Crippen LogP contribution is 2.15. The predicted molar refractivity (Wildman–Crippen MR) is 114 cm³/mol. The second kappa shape index (κ2) is 10.2. The number of hydrogen-bond acceptors (Lipinski definition) is 5. The zero-order chi connectivity index (χ0) is 21.3. The number of amides is 1. The first-order valence-corrected chi connectivity index (χ1v) is 9.82. The standard InChI is InChI=1S/C23H24N4O3/c24-14-19(22(28)26-21-8-4-7-18(13-21)23(29)30)15-25-20-9-11-27(12-10-20)16-17-5-2-1-3-6-17/h1-8,13,15,20,25H,9-12,16H2,(H,26,28)(H,29,30)/b19-15-. The fourth-order valence-electron chi connectivity index (χ4n) is 3.38. The summed E-state index contributed by atoms with van der Waals surface area (Å²) in [6, 6.07) is 18.3. The number of benzene rings is 2. The number of carboxylic acid groups (broad SMARTS) is 1. The van der Waals surface area contributed by atoms with Crippen LogP contribution >= 0.6 is 0 Å². The molecule has 2 aromatic carbocycles. The minimum absolute atomic E-state index is 0.0533.